The van der Waals surface area contributed by atoms with Crippen molar-refractivity contribution in [2.45, 2.75) is 0 Å². The summed E-state index contributed by atoms with van der Waals surface area (Å²) in [6, 6.07) is 14.5. The van der Waals surface area contributed by atoms with Crippen molar-refractivity contribution in [3.8, 4) is 5.69 Å². The molecule has 1 aromatic carbocycles. The van der Waals surface area contributed by atoms with Crippen LogP contribution in [0.3, 0.4) is 0 Å². The maximum absolute atomic E-state index is 12.6. The summed E-state index contributed by atoms with van der Waals surface area (Å²) in [6.45, 7) is 0. The second-order valence-electron chi connectivity index (χ2n) is 4.89. The van der Waals surface area contributed by atoms with Crippen LogP contribution < -0.4 is 5.43 Å². The van der Waals surface area contributed by atoms with Crippen molar-refractivity contribution in [3.63, 3.8) is 0 Å². The molecule has 5 heteroatoms. The molecule has 0 radical (unpaired) electrons. The van der Waals surface area contributed by atoms with E-state index in [1.165, 1.54) is 0 Å². The lowest BCUT2D eigenvalue weighted by molar-refractivity contribution is 1.08. The predicted molar refractivity (Wildman–Crippen MR) is 87.7 cm³/mol. The maximum atomic E-state index is 12.6. The Morgan fingerprint density at radius 3 is 1.91 bits per heavy atom. The molecule has 3 aromatic heterocycles. The molecule has 0 unspecified atom stereocenters. The lowest BCUT2D eigenvalue weighted by Gasteiger charge is -2.13. The van der Waals surface area contributed by atoms with Crippen LogP contribution in [0.25, 0.3) is 27.8 Å². The fraction of sp³-hybridized carbons (Fsp3) is 0. The molecule has 0 saturated carbocycles. The summed E-state index contributed by atoms with van der Waals surface area (Å²) in [5.41, 5.74) is 1.97. The smallest absolute Gasteiger partial charge is 0.200 e. The molecule has 22 heavy (non-hydrogen) atoms. The molecule has 4 rings (SSSR count). The molecule has 4 aromatic rings. The Bertz CT molecular complexity index is 995. The van der Waals surface area contributed by atoms with Gasteiger partial charge in [-0.05, 0) is 48.5 Å². The minimum Gasteiger partial charge on any atom is -0.288 e. The fourth-order valence-corrected chi connectivity index (χ4v) is 2.71. The zero-order valence-corrected chi connectivity index (χ0v) is 12.2. The fourth-order valence-electron chi connectivity index (χ4n) is 2.58. The number of pyridine rings is 3. The number of hydrogen-bond acceptors (Lipinski definition) is 3. The first kappa shape index (κ1) is 13.0. The highest BCUT2D eigenvalue weighted by molar-refractivity contribution is 6.30. The normalized spacial score (nSPS) is 11.1. The summed E-state index contributed by atoms with van der Waals surface area (Å²) in [5, 5.41) is 1.79. The van der Waals surface area contributed by atoms with Crippen molar-refractivity contribution in [1.82, 2.24) is 14.5 Å². The Kier molecular flexibility index (Phi) is 2.91. The number of halogens is 1. The van der Waals surface area contributed by atoms with Crippen LogP contribution in [0.2, 0.25) is 5.02 Å². The van der Waals surface area contributed by atoms with E-state index >= 15 is 0 Å². The van der Waals surface area contributed by atoms with E-state index in [1.807, 2.05) is 16.7 Å². The summed E-state index contributed by atoms with van der Waals surface area (Å²) < 4.78 is 1.88. The molecule has 0 fully saturated rings. The summed E-state index contributed by atoms with van der Waals surface area (Å²) in [4.78, 5) is 21.4. The van der Waals surface area contributed by atoms with Gasteiger partial charge in [0, 0.05) is 23.1 Å². The zero-order chi connectivity index (χ0) is 15.1. The van der Waals surface area contributed by atoms with Gasteiger partial charge >= 0.3 is 0 Å². The second-order valence-corrected chi connectivity index (χ2v) is 5.33. The molecule has 0 bridgehead atoms. The van der Waals surface area contributed by atoms with Crippen LogP contribution in [0.1, 0.15) is 0 Å². The van der Waals surface area contributed by atoms with Gasteiger partial charge in [0.1, 0.15) is 11.3 Å². The lowest BCUT2D eigenvalue weighted by Crippen LogP contribution is -2.12. The van der Waals surface area contributed by atoms with Crippen molar-refractivity contribution in [1.29, 1.82) is 0 Å². The first-order valence-corrected chi connectivity index (χ1v) is 7.14. The average molecular weight is 308 g/mol. The average Bonchev–Trinajstić information content (AvgIpc) is 2.57. The van der Waals surface area contributed by atoms with E-state index in [2.05, 4.69) is 9.97 Å². The second kappa shape index (κ2) is 4.93. The number of aromatic nitrogens is 3. The van der Waals surface area contributed by atoms with Gasteiger partial charge < -0.3 is 0 Å². The molecule has 106 valence electrons. The van der Waals surface area contributed by atoms with Crippen molar-refractivity contribution >= 4 is 33.7 Å². The highest BCUT2D eigenvalue weighted by atomic mass is 35.5. The molecule has 3 heterocycles. The molecule has 0 spiro atoms. The van der Waals surface area contributed by atoms with Crippen molar-refractivity contribution in [3.05, 3.63) is 76.2 Å². The number of hydrogen-bond donors (Lipinski definition) is 0. The third kappa shape index (κ3) is 1.89. The first-order valence-electron chi connectivity index (χ1n) is 6.76. The number of nitrogens with zero attached hydrogens (tertiary/aromatic N) is 3. The first-order chi connectivity index (χ1) is 10.8. The highest BCUT2D eigenvalue weighted by Gasteiger charge is 2.13. The van der Waals surface area contributed by atoms with Crippen LogP contribution >= 0.6 is 11.6 Å². The Labute approximate surface area is 130 Å². The molecule has 0 amide bonds. The summed E-state index contributed by atoms with van der Waals surface area (Å²) in [6.07, 6.45) is 3.34. The SMILES string of the molecule is O=c1c2cccnc2n(-c2ccc(Cl)cc2)c2ncccc12. The van der Waals surface area contributed by atoms with Gasteiger partial charge in [-0.1, -0.05) is 11.6 Å². The third-order valence-electron chi connectivity index (χ3n) is 3.57. The van der Waals surface area contributed by atoms with Crippen LogP contribution in [-0.4, -0.2) is 14.5 Å². The van der Waals surface area contributed by atoms with Gasteiger partial charge in [0.15, 0.2) is 0 Å². The minimum atomic E-state index is -0.0589. The summed E-state index contributed by atoms with van der Waals surface area (Å²) >= 11 is 5.97. The standard InChI is InChI=1S/C17H10ClN3O/c18-11-5-7-12(8-6-11)21-16-13(3-1-9-19-16)15(22)14-4-2-10-20-17(14)21/h1-10H. The topological polar surface area (TPSA) is 47.8 Å². The number of benzene rings is 1. The zero-order valence-electron chi connectivity index (χ0n) is 11.4. The Morgan fingerprint density at radius 2 is 1.36 bits per heavy atom. The molecular formula is C17H10ClN3O. The molecule has 4 nitrogen and oxygen atoms in total. The van der Waals surface area contributed by atoms with E-state index in [1.54, 1.807) is 48.8 Å². The van der Waals surface area contributed by atoms with Crippen LogP contribution in [0, 0.1) is 0 Å². The van der Waals surface area contributed by atoms with Crippen LogP contribution in [0.4, 0.5) is 0 Å². The molecule has 0 atom stereocenters. The molecule has 0 saturated heterocycles. The monoisotopic (exact) mass is 307 g/mol. The van der Waals surface area contributed by atoms with Crippen molar-refractivity contribution in [2.75, 3.05) is 0 Å². The Balaban J connectivity index is 2.25. The van der Waals surface area contributed by atoms with Crippen LogP contribution in [-0.2, 0) is 0 Å². The van der Waals surface area contributed by atoms with Crippen LogP contribution in [0.15, 0.2) is 65.7 Å². The maximum Gasteiger partial charge on any atom is 0.200 e. The Hall–Kier alpha value is -2.72. The van der Waals surface area contributed by atoms with E-state index in [9.17, 15) is 4.79 Å². The summed E-state index contributed by atoms with van der Waals surface area (Å²) in [5.74, 6) is 0. The highest BCUT2D eigenvalue weighted by Crippen LogP contribution is 2.22. The largest absolute Gasteiger partial charge is 0.288 e. The minimum absolute atomic E-state index is 0.0589. The summed E-state index contributed by atoms with van der Waals surface area (Å²) in [7, 11) is 0. The molecular weight excluding hydrogens is 298 g/mol. The van der Waals surface area contributed by atoms with E-state index in [0.717, 1.165) is 5.69 Å². The van der Waals surface area contributed by atoms with Gasteiger partial charge in [0.2, 0.25) is 5.43 Å². The van der Waals surface area contributed by atoms with E-state index in [0.29, 0.717) is 27.1 Å². The van der Waals surface area contributed by atoms with Gasteiger partial charge in [0.25, 0.3) is 0 Å². The van der Waals surface area contributed by atoms with Gasteiger partial charge in [0.05, 0.1) is 10.8 Å². The molecule has 0 aliphatic carbocycles. The van der Waals surface area contributed by atoms with Gasteiger partial charge in [-0.2, -0.15) is 0 Å². The van der Waals surface area contributed by atoms with Crippen molar-refractivity contribution in [2.24, 2.45) is 0 Å². The molecule has 0 N–H and O–H groups in total. The third-order valence-corrected chi connectivity index (χ3v) is 3.82. The van der Waals surface area contributed by atoms with E-state index in [-0.39, 0.29) is 5.43 Å². The van der Waals surface area contributed by atoms with Crippen molar-refractivity contribution < 1.29 is 0 Å². The van der Waals surface area contributed by atoms with Gasteiger partial charge in [-0.3, -0.25) is 9.36 Å². The predicted octanol–water partition coefficient (Wildman–Crippen LogP) is 3.59. The quantitative estimate of drug-likeness (QED) is 0.505. The Morgan fingerprint density at radius 1 is 0.818 bits per heavy atom. The molecule has 0 aliphatic heterocycles. The van der Waals surface area contributed by atoms with Gasteiger partial charge in [-0.25, -0.2) is 9.97 Å². The lowest BCUT2D eigenvalue weighted by atomic mass is 10.2. The van der Waals surface area contributed by atoms with Gasteiger partial charge in [-0.15, -0.1) is 0 Å². The number of rotatable bonds is 1. The van der Waals surface area contributed by atoms with Crippen LogP contribution in [0.5, 0.6) is 0 Å². The van der Waals surface area contributed by atoms with E-state index < -0.39 is 0 Å². The molecule has 0 aliphatic rings. The van der Waals surface area contributed by atoms with E-state index in [4.69, 9.17) is 11.6 Å². The number of fused-ring (bicyclic) bond motifs is 2.